The van der Waals surface area contributed by atoms with Crippen molar-refractivity contribution < 1.29 is 38.6 Å². The van der Waals surface area contributed by atoms with E-state index >= 15 is 0 Å². The van der Waals surface area contributed by atoms with E-state index in [2.05, 4.69) is 10.6 Å². The zero-order valence-electron chi connectivity index (χ0n) is 21.0. The Bertz CT molecular complexity index is 1240. The van der Waals surface area contributed by atoms with E-state index in [1.165, 1.54) is 26.2 Å². The zero-order valence-corrected chi connectivity index (χ0v) is 21.0. The minimum absolute atomic E-state index is 0.0172. The second kappa shape index (κ2) is 11.5. The van der Waals surface area contributed by atoms with E-state index in [9.17, 15) is 29.1 Å². The summed E-state index contributed by atoms with van der Waals surface area (Å²) in [6.45, 7) is 4.99. The van der Waals surface area contributed by atoms with Crippen molar-refractivity contribution in [3.05, 3.63) is 53.1 Å². The Kier molecular flexibility index (Phi) is 8.49. The number of ether oxygens (including phenoxy) is 2. The smallest absolute Gasteiger partial charge is 0.326 e. The number of nitrogens with zero attached hydrogens (tertiary/aromatic N) is 1. The number of amides is 4. The van der Waals surface area contributed by atoms with Crippen molar-refractivity contribution in [1.82, 2.24) is 10.2 Å². The molecule has 0 aliphatic carbocycles. The lowest BCUT2D eigenvalue weighted by atomic mass is 10.00. The topological polar surface area (TPSA) is 151 Å². The lowest BCUT2D eigenvalue weighted by Gasteiger charge is -2.27. The Morgan fingerprint density at radius 3 is 2.38 bits per heavy atom. The van der Waals surface area contributed by atoms with Crippen LogP contribution in [-0.2, 0) is 14.4 Å². The lowest BCUT2D eigenvalue weighted by molar-refractivity contribution is -0.142. The molecule has 2 atom stereocenters. The van der Waals surface area contributed by atoms with E-state index < -0.39 is 48.1 Å². The van der Waals surface area contributed by atoms with E-state index in [0.29, 0.717) is 23.7 Å². The van der Waals surface area contributed by atoms with Crippen LogP contribution in [0.4, 0.5) is 5.69 Å². The Balaban J connectivity index is 2.08. The molecule has 1 aliphatic rings. The zero-order chi connectivity index (χ0) is 27.3. The average Bonchev–Trinajstić information content (AvgIpc) is 3.11. The van der Waals surface area contributed by atoms with E-state index in [1.807, 2.05) is 0 Å². The molecule has 4 amide bonds. The van der Waals surface area contributed by atoms with Gasteiger partial charge in [-0.2, -0.15) is 0 Å². The van der Waals surface area contributed by atoms with Crippen LogP contribution in [-0.4, -0.2) is 59.4 Å². The maximum absolute atomic E-state index is 13.6. The predicted molar refractivity (Wildman–Crippen MR) is 133 cm³/mol. The summed E-state index contributed by atoms with van der Waals surface area (Å²) in [5, 5.41) is 14.3. The molecule has 0 radical (unpaired) electrons. The van der Waals surface area contributed by atoms with Crippen LogP contribution in [0.5, 0.6) is 11.5 Å². The van der Waals surface area contributed by atoms with Crippen molar-refractivity contribution in [1.29, 1.82) is 0 Å². The highest BCUT2D eigenvalue weighted by atomic mass is 16.5. The number of carbonyl (C=O) groups excluding carboxylic acids is 4. The minimum atomic E-state index is -1.20. The lowest BCUT2D eigenvalue weighted by Crippen LogP contribution is -2.43. The third-order valence-electron chi connectivity index (χ3n) is 5.86. The van der Waals surface area contributed by atoms with Crippen LogP contribution in [0.25, 0.3) is 0 Å². The summed E-state index contributed by atoms with van der Waals surface area (Å²) < 4.78 is 11.0. The van der Waals surface area contributed by atoms with Crippen LogP contribution in [0.3, 0.4) is 0 Å². The number of hydrogen-bond donors (Lipinski definition) is 3. The Labute approximate surface area is 213 Å². The highest BCUT2D eigenvalue weighted by Crippen LogP contribution is 2.39. The number of fused-ring (bicyclic) bond motifs is 1. The molecule has 2 aromatic carbocycles. The summed E-state index contributed by atoms with van der Waals surface area (Å²) >= 11 is 0. The summed E-state index contributed by atoms with van der Waals surface area (Å²) in [6, 6.07) is 7.06. The first-order valence-electron chi connectivity index (χ1n) is 11.7. The number of rotatable bonds is 11. The maximum atomic E-state index is 13.6. The average molecular weight is 512 g/mol. The number of nitrogens with one attached hydrogen (secondary N) is 2. The molecule has 0 fully saturated rings. The van der Waals surface area contributed by atoms with Gasteiger partial charge in [0.25, 0.3) is 11.8 Å². The number of carbonyl (C=O) groups is 5. The number of anilines is 1. The maximum Gasteiger partial charge on any atom is 0.326 e. The molecule has 1 heterocycles. The first kappa shape index (κ1) is 27.2. The Morgan fingerprint density at radius 2 is 1.78 bits per heavy atom. The fourth-order valence-corrected chi connectivity index (χ4v) is 4.17. The molecule has 196 valence electrons. The van der Waals surface area contributed by atoms with E-state index in [-0.39, 0.29) is 23.2 Å². The summed E-state index contributed by atoms with van der Waals surface area (Å²) in [7, 11) is 1.47. The molecule has 0 aromatic heterocycles. The van der Waals surface area contributed by atoms with E-state index in [4.69, 9.17) is 9.47 Å². The second-order valence-electron chi connectivity index (χ2n) is 8.32. The van der Waals surface area contributed by atoms with Gasteiger partial charge in [0.15, 0.2) is 11.5 Å². The van der Waals surface area contributed by atoms with Crippen molar-refractivity contribution >= 4 is 35.3 Å². The first-order valence-corrected chi connectivity index (χ1v) is 11.7. The third kappa shape index (κ3) is 5.71. The molecule has 2 unspecified atom stereocenters. The highest BCUT2D eigenvalue weighted by Gasteiger charge is 2.43. The van der Waals surface area contributed by atoms with Crippen LogP contribution in [0, 0.1) is 0 Å². The number of carboxylic acids is 1. The van der Waals surface area contributed by atoms with Gasteiger partial charge < -0.3 is 25.2 Å². The summed E-state index contributed by atoms with van der Waals surface area (Å²) in [6.07, 6.45) is -0.252. The van der Waals surface area contributed by atoms with Crippen LogP contribution in [0.15, 0.2) is 36.4 Å². The summed E-state index contributed by atoms with van der Waals surface area (Å²) in [5.41, 5.74) is 0.676. The summed E-state index contributed by atoms with van der Waals surface area (Å²) in [5.74, 6) is -2.85. The van der Waals surface area contributed by atoms with Gasteiger partial charge in [0.05, 0.1) is 43.0 Å². The number of benzene rings is 2. The van der Waals surface area contributed by atoms with E-state index in [1.54, 1.807) is 38.1 Å². The Morgan fingerprint density at radius 1 is 1.05 bits per heavy atom. The molecule has 3 rings (SSSR count). The van der Waals surface area contributed by atoms with Crippen LogP contribution in [0.1, 0.15) is 65.9 Å². The van der Waals surface area contributed by atoms with Gasteiger partial charge in [-0.25, -0.2) is 4.79 Å². The molecule has 1 aliphatic heterocycles. The molecular weight excluding hydrogens is 482 g/mol. The van der Waals surface area contributed by atoms with Gasteiger partial charge in [0.1, 0.15) is 6.04 Å². The molecule has 0 spiro atoms. The number of imide groups is 1. The molecule has 11 nitrogen and oxygen atoms in total. The SMILES string of the molecule is CCOc1cc(C(CC(=O)NC(CC)C(=O)O)N2C(=O)c3cccc(NC(C)=O)c3C2=O)ccc1OC. The number of aliphatic carboxylic acids is 1. The summed E-state index contributed by atoms with van der Waals surface area (Å²) in [4.78, 5) is 64.1. The van der Waals surface area contributed by atoms with Gasteiger partial charge in [-0.3, -0.25) is 24.1 Å². The predicted octanol–water partition coefficient (Wildman–Crippen LogP) is 2.76. The van der Waals surface area contributed by atoms with Gasteiger partial charge in [0.2, 0.25) is 11.8 Å². The fraction of sp³-hybridized carbons (Fsp3) is 0.346. The van der Waals surface area contributed by atoms with Crippen molar-refractivity contribution in [2.45, 2.75) is 45.7 Å². The molecule has 0 bridgehead atoms. The van der Waals surface area contributed by atoms with Gasteiger partial charge >= 0.3 is 5.97 Å². The number of hydrogen-bond acceptors (Lipinski definition) is 7. The van der Waals surface area contributed by atoms with Crippen LogP contribution in [0.2, 0.25) is 0 Å². The molecule has 2 aromatic rings. The second-order valence-corrected chi connectivity index (χ2v) is 8.32. The Hall–Kier alpha value is -4.41. The third-order valence-corrected chi connectivity index (χ3v) is 5.86. The van der Waals surface area contributed by atoms with Crippen molar-refractivity contribution in [2.75, 3.05) is 19.0 Å². The monoisotopic (exact) mass is 511 g/mol. The molecule has 11 heteroatoms. The molecule has 0 saturated heterocycles. The first-order chi connectivity index (χ1) is 17.6. The fourth-order valence-electron chi connectivity index (χ4n) is 4.17. The molecule has 3 N–H and O–H groups in total. The number of methoxy groups -OCH3 is 1. The normalized spacial score (nSPS) is 14.0. The van der Waals surface area contributed by atoms with Gasteiger partial charge in [-0.1, -0.05) is 19.1 Å². The van der Waals surface area contributed by atoms with E-state index in [0.717, 1.165) is 4.90 Å². The van der Waals surface area contributed by atoms with Crippen molar-refractivity contribution in [3.63, 3.8) is 0 Å². The molecule has 37 heavy (non-hydrogen) atoms. The highest BCUT2D eigenvalue weighted by molar-refractivity contribution is 6.24. The molecular formula is C26H29N3O8. The van der Waals surface area contributed by atoms with Crippen LogP contribution < -0.4 is 20.1 Å². The number of carboxylic acid groups (broad SMARTS) is 1. The minimum Gasteiger partial charge on any atom is -0.493 e. The van der Waals surface area contributed by atoms with Gasteiger partial charge in [-0.15, -0.1) is 0 Å². The van der Waals surface area contributed by atoms with Crippen molar-refractivity contribution in [3.8, 4) is 11.5 Å². The largest absolute Gasteiger partial charge is 0.493 e. The van der Waals surface area contributed by atoms with Crippen LogP contribution >= 0.6 is 0 Å². The standard InChI is InChI=1S/C26H29N3O8/c1-5-17(26(34)35)28-22(31)13-19(15-10-11-20(36-4)21(12-15)37-6-2)29-24(32)16-8-7-9-18(27-14(3)30)23(16)25(29)33/h7-12,17,19H,5-6,13H2,1-4H3,(H,27,30)(H,28,31)(H,34,35). The quantitative estimate of drug-likeness (QED) is 0.390. The van der Waals surface area contributed by atoms with Gasteiger partial charge in [-0.05, 0) is 43.2 Å². The van der Waals surface area contributed by atoms with Crippen molar-refractivity contribution in [2.24, 2.45) is 0 Å². The molecule has 0 saturated carbocycles. The van der Waals surface area contributed by atoms with Gasteiger partial charge in [0, 0.05) is 6.92 Å².